The Labute approximate surface area is 255 Å². The summed E-state index contributed by atoms with van der Waals surface area (Å²) >= 11 is 0. The lowest BCUT2D eigenvalue weighted by molar-refractivity contribution is 0.754. The van der Waals surface area contributed by atoms with Crippen LogP contribution in [0, 0.1) is 0 Å². The van der Waals surface area contributed by atoms with Gasteiger partial charge in [-0.3, -0.25) is 9.98 Å². The molecule has 0 aromatic heterocycles. The molecule has 4 rings (SSSR count). The molecule has 4 nitrogen and oxygen atoms in total. The first-order valence-electron chi connectivity index (χ1n) is 16.4. The van der Waals surface area contributed by atoms with Gasteiger partial charge >= 0.3 is 0 Å². The number of para-hydroxylation sites is 2. The van der Waals surface area contributed by atoms with Crippen LogP contribution in [0.25, 0.3) is 0 Å². The Morgan fingerprint density at radius 3 is 1.19 bits per heavy atom. The third kappa shape index (κ3) is 7.82. The maximum atomic E-state index is 5.06. The minimum Gasteiger partial charge on any atom is -0.354 e. The van der Waals surface area contributed by atoms with Crippen molar-refractivity contribution in [2.45, 2.75) is 118 Å². The third-order valence-electron chi connectivity index (χ3n) is 8.52. The van der Waals surface area contributed by atoms with Gasteiger partial charge in [-0.15, -0.1) is 0 Å². The normalized spacial score (nSPS) is 17.3. The Bertz CT molecular complexity index is 1180. The molecule has 0 saturated heterocycles. The van der Waals surface area contributed by atoms with E-state index in [0.29, 0.717) is 23.7 Å². The molecule has 226 valence electrons. The molecule has 0 aliphatic heterocycles. The fraction of sp³-hybridized carbons (Fsp3) is 0.526. The molecule has 2 N–H and O–H groups in total. The van der Waals surface area contributed by atoms with E-state index in [0.717, 1.165) is 51.6 Å². The highest BCUT2D eigenvalue weighted by Crippen LogP contribution is 2.36. The molecule has 0 amide bonds. The van der Waals surface area contributed by atoms with Crippen molar-refractivity contribution < 1.29 is 0 Å². The molecule has 2 aliphatic rings. The zero-order valence-electron chi connectivity index (χ0n) is 27.5. The number of anilines is 2. The van der Waals surface area contributed by atoms with Crippen LogP contribution < -0.4 is 10.6 Å². The van der Waals surface area contributed by atoms with E-state index < -0.39 is 0 Å². The van der Waals surface area contributed by atoms with Crippen molar-refractivity contribution >= 4 is 22.8 Å². The van der Waals surface area contributed by atoms with Crippen LogP contribution in [0.2, 0.25) is 0 Å². The Hall–Kier alpha value is -3.14. The zero-order chi connectivity index (χ0) is 30.2. The molecule has 2 aliphatic carbocycles. The Balaban J connectivity index is 1.34. The summed E-state index contributed by atoms with van der Waals surface area (Å²) in [5.41, 5.74) is 13.0. The van der Waals surface area contributed by atoms with E-state index >= 15 is 0 Å². The summed E-state index contributed by atoms with van der Waals surface area (Å²) in [6.07, 6.45) is 11.0. The van der Waals surface area contributed by atoms with Crippen LogP contribution in [0.15, 0.2) is 69.9 Å². The van der Waals surface area contributed by atoms with Crippen molar-refractivity contribution in [2.24, 2.45) is 9.98 Å². The van der Waals surface area contributed by atoms with Crippen LogP contribution in [0.3, 0.4) is 0 Å². The second-order valence-corrected chi connectivity index (χ2v) is 13.2. The first-order chi connectivity index (χ1) is 20.2. The highest BCUT2D eigenvalue weighted by atomic mass is 14.9. The van der Waals surface area contributed by atoms with Gasteiger partial charge in [0.15, 0.2) is 0 Å². The Morgan fingerprint density at radius 2 is 0.881 bits per heavy atom. The maximum Gasteiger partial charge on any atom is 0.0582 e. The summed E-state index contributed by atoms with van der Waals surface area (Å²) in [5, 5.41) is 7.64. The number of nitrogens with one attached hydrogen (secondary N) is 2. The smallest absolute Gasteiger partial charge is 0.0582 e. The van der Waals surface area contributed by atoms with Gasteiger partial charge in [0, 0.05) is 24.5 Å². The molecule has 0 saturated carbocycles. The molecule has 0 fully saturated rings. The van der Waals surface area contributed by atoms with Crippen LogP contribution in [0.4, 0.5) is 11.4 Å². The largest absolute Gasteiger partial charge is 0.354 e. The highest BCUT2D eigenvalue weighted by Gasteiger charge is 2.20. The van der Waals surface area contributed by atoms with Gasteiger partial charge in [0.05, 0.1) is 22.8 Å². The number of nitrogens with zero attached hydrogens (tertiary/aromatic N) is 2. The molecule has 0 heterocycles. The minimum absolute atomic E-state index is 0.475. The van der Waals surface area contributed by atoms with Crippen LogP contribution in [0.5, 0.6) is 0 Å². The Kier molecular flexibility index (Phi) is 11.2. The summed E-state index contributed by atoms with van der Waals surface area (Å²) in [5.74, 6) is 1.90. The number of rotatable bonds is 13. The van der Waals surface area contributed by atoms with Crippen molar-refractivity contribution in [1.29, 1.82) is 0 Å². The van der Waals surface area contributed by atoms with Crippen molar-refractivity contribution in [3.63, 3.8) is 0 Å². The van der Waals surface area contributed by atoms with Crippen LogP contribution in [0.1, 0.15) is 140 Å². The summed E-state index contributed by atoms with van der Waals surface area (Å²) in [7, 11) is 0. The van der Waals surface area contributed by atoms with Crippen LogP contribution in [-0.4, -0.2) is 24.5 Å². The topological polar surface area (TPSA) is 48.8 Å². The number of allylic oxidation sites excluding steroid dienone is 4. The molecule has 0 atom stereocenters. The van der Waals surface area contributed by atoms with Crippen LogP contribution in [-0.2, 0) is 0 Å². The maximum absolute atomic E-state index is 5.06. The van der Waals surface area contributed by atoms with Gasteiger partial charge < -0.3 is 10.6 Å². The second-order valence-electron chi connectivity index (χ2n) is 13.2. The quantitative estimate of drug-likeness (QED) is 0.237. The SMILES string of the molecule is CC(C)c1cccc(C(C)C)c1NC1=CCCC1=NCCCCN=C1CCC=C1Nc1c(C(C)C)cccc1C(C)C. The molecule has 42 heavy (non-hydrogen) atoms. The molecule has 0 radical (unpaired) electrons. The Morgan fingerprint density at radius 1 is 0.548 bits per heavy atom. The van der Waals surface area contributed by atoms with Crippen molar-refractivity contribution in [2.75, 3.05) is 23.7 Å². The molecular weight excluding hydrogens is 512 g/mol. The van der Waals surface area contributed by atoms with Crippen molar-refractivity contribution in [3.05, 3.63) is 82.2 Å². The van der Waals surface area contributed by atoms with Gasteiger partial charge in [-0.05, 0) is 84.5 Å². The highest BCUT2D eigenvalue weighted by molar-refractivity contribution is 6.05. The number of benzene rings is 2. The van der Waals surface area contributed by atoms with Crippen LogP contribution >= 0.6 is 0 Å². The van der Waals surface area contributed by atoms with E-state index in [1.807, 2.05) is 0 Å². The third-order valence-corrected chi connectivity index (χ3v) is 8.52. The second kappa shape index (κ2) is 14.8. The summed E-state index contributed by atoms with van der Waals surface area (Å²) < 4.78 is 0. The molecule has 0 bridgehead atoms. The molecule has 2 aromatic rings. The standard InChI is InChI=1S/C38H54N4/c1-25(2)29-15-11-16-30(26(3)4)37(29)41-35-21-13-19-33(35)39-23-9-10-24-40-34-20-14-22-36(34)42-38-31(27(5)6)17-12-18-32(38)28(7)8/h11-12,15-18,21-22,25-28,41-42H,9-10,13-14,19-20,23-24H2,1-8H3. The first-order valence-corrected chi connectivity index (χ1v) is 16.4. The van der Waals surface area contributed by atoms with E-state index in [2.05, 4.69) is 115 Å². The number of aliphatic imine (C=N–C) groups is 2. The molecule has 4 heteroatoms. The average molecular weight is 567 g/mol. The van der Waals surface area contributed by atoms with Crippen molar-refractivity contribution in [3.8, 4) is 0 Å². The lowest BCUT2D eigenvalue weighted by Crippen LogP contribution is -2.13. The number of hydrogen-bond donors (Lipinski definition) is 2. The van der Waals surface area contributed by atoms with Gasteiger partial charge in [-0.25, -0.2) is 0 Å². The monoisotopic (exact) mass is 566 g/mol. The lowest BCUT2D eigenvalue weighted by Gasteiger charge is -2.22. The zero-order valence-corrected chi connectivity index (χ0v) is 27.5. The fourth-order valence-electron chi connectivity index (χ4n) is 6.10. The number of hydrogen-bond acceptors (Lipinski definition) is 4. The minimum atomic E-state index is 0.475. The van der Waals surface area contributed by atoms with Gasteiger partial charge in [0.2, 0.25) is 0 Å². The molecule has 0 spiro atoms. The van der Waals surface area contributed by atoms with Crippen molar-refractivity contribution in [1.82, 2.24) is 0 Å². The van der Waals surface area contributed by atoms with E-state index in [9.17, 15) is 0 Å². The summed E-state index contributed by atoms with van der Waals surface area (Å²) in [6, 6.07) is 13.5. The average Bonchev–Trinajstić information content (AvgIpc) is 3.59. The van der Waals surface area contributed by atoms with E-state index in [-0.39, 0.29) is 0 Å². The van der Waals surface area contributed by atoms with Gasteiger partial charge in [-0.2, -0.15) is 0 Å². The van der Waals surface area contributed by atoms with Gasteiger partial charge in [0.1, 0.15) is 0 Å². The van der Waals surface area contributed by atoms with E-state index in [1.54, 1.807) is 0 Å². The predicted molar refractivity (Wildman–Crippen MR) is 185 cm³/mol. The first kappa shape index (κ1) is 31.8. The van der Waals surface area contributed by atoms with E-state index in [1.165, 1.54) is 56.4 Å². The molecule has 0 unspecified atom stereocenters. The lowest BCUT2D eigenvalue weighted by atomic mass is 9.92. The summed E-state index contributed by atoms with van der Waals surface area (Å²) in [4.78, 5) is 10.1. The summed E-state index contributed by atoms with van der Waals surface area (Å²) in [6.45, 7) is 19.9. The molecular formula is C38H54N4. The number of unbranched alkanes of at least 4 members (excludes halogenated alkanes) is 1. The fourth-order valence-corrected chi connectivity index (χ4v) is 6.10. The van der Waals surface area contributed by atoms with Gasteiger partial charge in [0.25, 0.3) is 0 Å². The van der Waals surface area contributed by atoms with E-state index in [4.69, 9.17) is 9.98 Å². The van der Waals surface area contributed by atoms with Gasteiger partial charge in [-0.1, -0.05) is 104 Å². The predicted octanol–water partition coefficient (Wildman–Crippen LogP) is 10.7. The molecule has 2 aromatic carbocycles.